The van der Waals surface area contributed by atoms with Crippen LogP contribution in [0.25, 0.3) is 0 Å². The van der Waals surface area contributed by atoms with Gasteiger partial charge in [0.15, 0.2) is 0 Å². The standard InChI is InChI=1S/C16H25FN2O/c1-2-3-4-5-15(19-10-8-18-9-11-19)14-12-13(17)6-7-16(14)20/h6-7,12,15,18,20H,2-5,8-11H2,1H3/t15-/m0/s1. The summed E-state index contributed by atoms with van der Waals surface area (Å²) in [6.07, 6.45) is 4.44. The Morgan fingerprint density at radius 3 is 2.75 bits per heavy atom. The summed E-state index contributed by atoms with van der Waals surface area (Å²) in [7, 11) is 0. The van der Waals surface area contributed by atoms with Gasteiger partial charge in [0.05, 0.1) is 0 Å². The Bertz CT molecular complexity index is 419. The third-order valence-electron chi connectivity index (χ3n) is 4.02. The van der Waals surface area contributed by atoms with Gasteiger partial charge in [0.25, 0.3) is 0 Å². The number of nitrogens with zero attached hydrogens (tertiary/aromatic N) is 1. The molecule has 1 heterocycles. The normalized spacial score (nSPS) is 18.1. The molecule has 0 aliphatic carbocycles. The second-order valence-electron chi connectivity index (χ2n) is 5.50. The van der Waals surface area contributed by atoms with Crippen LogP contribution in [-0.4, -0.2) is 36.2 Å². The number of aromatic hydroxyl groups is 1. The zero-order valence-corrected chi connectivity index (χ0v) is 12.2. The molecule has 0 unspecified atom stereocenters. The highest BCUT2D eigenvalue weighted by Gasteiger charge is 2.24. The van der Waals surface area contributed by atoms with Gasteiger partial charge < -0.3 is 10.4 Å². The second-order valence-corrected chi connectivity index (χ2v) is 5.50. The number of phenols is 1. The topological polar surface area (TPSA) is 35.5 Å². The number of unbranched alkanes of at least 4 members (excludes halogenated alkanes) is 2. The fourth-order valence-corrected chi connectivity index (χ4v) is 2.91. The number of hydrogen-bond donors (Lipinski definition) is 2. The maximum absolute atomic E-state index is 13.5. The minimum Gasteiger partial charge on any atom is -0.508 e. The molecule has 1 aliphatic rings. The molecule has 1 aromatic carbocycles. The molecule has 0 saturated carbocycles. The van der Waals surface area contributed by atoms with Crippen LogP contribution in [0.3, 0.4) is 0 Å². The smallest absolute Gasteiger partial charge is 0.123 e. The van der Waals surface area contributed by atoms with E-state index in [2.05, 4.69) is 17.1 Å². The average Bonchev–Trinajstić information content (AvgIpc) is 2.48. The predicted molar refractivity (Wildman–Crippen MR) is 79.4 cm³/mol. The molecule has 1 aliphatic heterocycles. The van der Waals surface area contributed by atoms with E-state index in [-0.39, 0.29) is 17.6 Å². The summed E-state index contributed by atoms with van der Waals surface area (Å²) in [6.45, 7) is 6.00. The Balaban J connectivity index is 2.17. The van der Waals surface area contributed by atoms with E-state index in [4.69, 9.17) is 0 Å². The molecule has 1 atom stereocenters. The minimum atomic E-state index is -0.270. The van der Waals surface area contributed by atoms with Gasteiger partial charge in [0.2, 0.25) is 0 Å². The van der Waals surface area contributed by atoms with Crippen molar-refractivity contribution in [3.8, 4) is 5.75 Å². The fraction of sp³-hybridized carbons (Fsp3) is 0.625. The van der Waals surface area contributed by atoms with Crippen molar-refractivity contribution in [1.82, 2.24) is 10.2 Å². The lowest BCUT2D eigenvalue weighted by molar-refractivity contribution is 0.160. The summed E-state index contributed by atoms with van der Waals surface area (Å²) in [6, 6.07) is 4.41. The zero-order chi connectivity index (χ0) is 14.4. The minimum absolute atomic E-state index is 0.124. The summed E-state index contributed by atoms with van der Waals surface area (Å²) in [5.41, 5.74) is 0.739. The molecule has 2 N–H and O–H groups in total. The first-order valence-electron chi connectivity index (χ1n) is 7.65. The summed E-state index contributed by atoms with van der Waals surface area (Å²) in [5, 5.41) is 13.4. The van der Waals surface area contributed by atoms with E-state index in [1.165, 1.54) is 31.0 Å². The maximum atomic E-state index is 13.5. The average molecular weight is 280 g/mol. The van der Waals surface area contributed by atoms with Gasteiger partial charge in [-0.1, -0.05) is 26.2 Å². The van der Waals surface area contributed by atoms with Gasteiger partial charge in [-0.05, 0) is 24.6 Å². The highest BCUT2D eigenvalue weighted by Crippen LogP contribution is 2.33. The molecule has 4 heteroatoms. The highest BCUT2D eigenvalue weighted by atomic mass is 19.1. The first-order chi connectivity index (χ1) is 9.72. The van der Waals surface area contributed by atoms with Gasteiger partial charge in [-0.15, -0.1) is 0 Å². The molecule has 0 bridgehead atoms. The van der Waals surface area contributed by atoms with Crippen molar-refractivity contribution in [2.75, 3.05) is 26.2 Å². The first-order valence-corrected chi connectivity index (χ1v) is 7.65. The van der Waals surface area contributed by atoms with Crippen LogP contribution >= 0.6 is 0 Å². The molecule has 0 spiro atoms. The number of benzene rings is 1. The Hall–Kier alpha value is -1.13. The van der Waals surface area contributed by atoms with Gasteiger partial charge in [-0.2, -0.15) is 0 Å². The Morgan fingerprint density at radius 2 is 2.05 bits per heavy atom. The largest absolute Gasteiger partial charge is 0.508 e. The Kier molecular flexibility index (Phi) is 5.80. The van der Waals surface area contributed by atoms with Crippen LogP contribution in [0.4, 0.5) is 4.39 Å². The van der Waals surface area contributed by atoms with Crippen LogP contribution in [0.15, 0.2) is 18.2 Å². The van der Waals surface area contributed by atoms with E-state index in [1.807, 2.05) is 0 Å². The van der Waals surface area contributed by atoms with Crippen LogP contribution in [-0.2, 0) is 0 Å². The van der Waals surface area contributed by atoms with Gasteiger partial charge in [-0.3, -0.25) is 4.90 Å². The van der Waals surface area contributed by atoms with Crippen molar-refractivity contribution in [3.05, 3.63) is 29.6 Å². The molecule has 112 valence electrons. The van der Waals surface area contributed by atoms with E-state index in [0.29, 0.717) is 0 Å². The molecule has 1 saturated heterocycles. The van der Waals surface area contributed by atoms with Crippen molar-refractivity contribution in [3.63, 3.8) is 0 Å². The third kappa shape index (κ3) is 3.93. The molecule has 20 heavy (non-hydrogen) atoms. The number of phenolic OH excluding ortho intramolecular Hbond substituents is 1. The highest BCUT2D eigenvalue weighted by molar-refractivity contribution is 5.35. The van der Waals surface area contributed by atoms with Gasteiger partial charge >= 0.3 is 0 Å². The van der Waals surface area contributed by atoms with Crippen LogP contribution in [0.1, 0.15) is 44.2 Å². The number of nitrogens with one attached hydrogen (secondary N) is 1. The third-order valence-corrected chi connectivity index (χ3v) is 4.02. The van der Waals surface area contributed by atoms with Crippen molar-refractivity contribution < 1.29 is 9.50 Å². The number of hydrogen-bond acceptors (Lipinski definition) is 3. The monoisotopic (exact) mass is 280 g/mol. The van der Waals surface area contributed by atoms with Crippen molar-refractivity contribution in [1.29, 1.82) is 0 Å². The summed E-state index contributed by atoms with van der Waals surface area (Å²) in [5.74, 6) is -0.0557. The Labute approximate surface area is 120 Å². The molecular weight excluding hydrogens is 255 g/mol. The second kappa shape index (κ2) is 7.60. The number of halogens is 1. The number of piperazine rings is 1. The summed E-state index contributed by atoms with van der Waals surface area (Å²) < 4.78 is 13.5. The zero-order valence-electron chi connectivity index (χ0n) is 12.2. The molecule has 0 amide bonds. The van der Waals surface area contributed by atoms with Crippen molar-refractivity contribution in [2.24, 2.45) is 0 Å². The first kappa shape index (κ1) is 15.3. The van der Waals surface area contributed by atoms with E-state index in [1.54, 1.807) is 0 Å². The molecule has 0 aromatic heterocycles. The maximum Gasteiger partial charge on any atom is 0.123 e. The molecule has 3 nitrogen and oxygen atoms in total. The van der Waals surface area contributed by atoms with Crippen LogP contribution < -0.4 is 5.32 Å². The SMILES string of the molecule is CCCCC[C@@H](c1cc(F)ccc1O)N1CCNCC1. The quantitative estimate of drug-likeness (QED) is 0.786. The van der Waals surface area contributed by atoms with Gasteiger partial charge in [0.1, 0.15) is 11.6 Å². The lowest BCUT2D eigenvalue weighted by Gasteiger charge is -2.35. The van der Waals surface area contributed by atoms with Gasteiger partial charge in [0, 0.05) is 37.8 Å². The molecular formula is C16H25FN2O. The van der Waals surface area contributed by atoms with E-state index in [0.717, 1.165) is 44.6 Å². The number of rotatable bonds is 6. The lowest BCUT2D eigenvalue weighted by atomic mass is 9.97. The summed E-state index contributed by atoms with van der Waals surface area (Å²) >= 11 is 0. The van der Waals surface area contributed by atoms with E-state index in [9.17, 15) is 9.50 Å². The molecule has 1 fully saturated rings. The van der Waals surface area contributed by atoms with Crippen LogP contribution in [0, 0.1) is 5.82 Å². The van der Waals surface area contributed by atoms with Crippen molar-refractivity contribution >= 4 is 0 Å². The molecule has 1 aromatic rings. The van der Waals surface area contributed by atoms with E-state index >= 15 is 0 Å². The Morgan fingerprint density at radius 1 is 1.30 bits per heavy atom. The van der Waals surface area contributed by atoms with Gasteiger partial charge in [-0.25, -0.2) is 4.39 Å². The van der Waals surface area contributed by atoms with Crippen LogP contribution in [0.5, 0.6) is 5.75 Å². The predicted octanol–water partition coefficient (Wildman–Crippen LogP) is 3.06. The summed E-state index contributed by atoms with van der Waals surface area (Å²) in [4.78, 5) is 2.36. The van der Waals surface area contributed by atoms with Crippen molar-refractivity contribution in [2.45, 2.75) is 38.6 Å². The van der Waals surface area contributed by atoms with Crippen LogP contribution in [0.2, 0.25) is 0 Å². The van der Waals surface area contributed by atoms with E-state index < -0.39 is 0 Å². The lowest BCUT2D eigenvalue weighted by Crippen LogP contribution is -2.45. The molecule has 2 rings (SSSR count). The fourth-order valence-electron chi connectivity index (χ4n) is 2.91. The molecule has 0 radical (unpaired) electrons.